The molecule has 1 amide bonds. The van der Waals surface area contributed by atoms with Crippen molar-refractivity contribution in [2.75, 3.05) is 18.0 Å². The van der Waals surface area contributed by atoms with Crippen LogP contribution >= 0.6 is 12.4 Å². The first-order valence-electron chi connectivity index (χ1n) is 8.62. The number of anilines is 1. The Morgan fingerprint density at radius 2 is 2.21 bits per heavy atom. The van der Waals surface area contributed by atoms with E-state index in [2.05, 4.69) is 27.1 Å². The van der Waals surface area contributed by atoms with Gasteiger partial charge in [-0.25, -0.2) is 9.97 Å². The van der Waals surface area contributed by atoms with Crippen molar-refractivity contribution in [3.8, 4) is 0 Å². The number of rotatable bonds is 6. The summed E-state index contributed by atoms with van der Waals surface area (Å²) in [7, 11) is 0. The Morgan fingerprint density at radius 1 is 1.46 bits per heavy atom. The summed E-state index contributed by atoms with van der Waals surface area (Å²) in [5.41, 5.74) is 6.38. The second-order valence-corrected chi connectivity index (χ2v) is 6.65. The van der Waals surface area contributed by atoms with E-state index in [0.717, 1.165) is 50.3 Å². The summed E-state index contributed by atoms with van der Waals surface area (Å²) in [4.78, 5) is 23.2. The predicted molar refractivity (Wildman–Crippen MR) is 99.5 cm³/mol. The summed E-state index contributed by atoms with van der Waals surface area (Å²) in [5, 5.41) is 3.12. The average Bonchev–Trinajstić information content (AvgIpc) is 2.55. The van der Waals surface area contributed by atoms with Crippen molar-refractivity contribution in [1.82, 2.24) is 15.3 Å². The fourth-order valence-corrected chi connectivity index (χ4v) is 3.04. The molecule has 6 nitrogen and oxygen atoms in total. The van der Waals surface area contributed by atoms with Gasteiger partial charge in [-0.15, -0.1) is 12.4 Å². The number of hydrogen-bond donors (Lipinski definition) is 2. The number of aromatic nitrogens is 2. The number of piperidine rings is 1. The Labute approximate surface area is 151 Å². The van der Waals surface area contributed by atoms with Gasteiger partial charge in [-0.3, -0.25) is 4.79 Å². The van der Waals surface area contributed by atoms with E-state index in [1.807, 2.05) is 19.9 Å². The number of nitrogens with one attached hydrogen (secondary N) is 1. The molecule has 0 aromatic carbocycles. The molecule has 0 bridgehead atoms. The van der Waals surface area contributed by atoms with Crippen molar-refractivity contribution in [2.24, 2.45) is 5.73 Å². The maximum absolute atomic E-state index is 12.4. The van der Waals surface area contributed by atoms with Crippen molar-refractivity contribution >= 4 is 24.1 Å². The largest absolute Gasteiger partial charge is 0.354 e. The van der Waals surface area contributed by atoms with E-state index in [1.165, 1.54) is 0 Å². The summed E-state index contributed by atoms with van der Waals surface area (Å²) in [6.45, 7) is 7.67. The highest BCUT2D eigenvalue weighted by molar-refractivity contribution is 5.86. The Kier molecular flexibility index (Phi) is 7.90. The summed E-state index contributed by atoms with van der Waals surface area (Å²) in [6.07, 6.45) is 6.13. The molecule has 2 atom stereocenters. The molecule has 0 spiro atoms. The van der Waals surface area contributed by atoms with Crippen LogP contribution in [-0.2, 0) is 11.2 Å². The summed E-state index contributed by atoms with van der Waals surface area (Å²) in [6, 6.07) is 2.16. The number of aryl methyl sites for hydroxylation is 1. The van der Waals surface area contributed by atoms with Crippen LogP contribution in [0.1, 0.15) is 52.1 Å². The second kappa shape index (κ2) is 9.18. The van der Waals surface area contributed by atoms with Gasteiger partial charge in [0.25, 0.3) is 0 Å². The molecule has 1 aromatic heterocycles. The van der Waals surface area contributed by atoms with E-state index in [1.54, 1.807) is 6.33 Å². The summed E-state index contributed by atoms with van der Waals surface area (Å²) >= 11 is 0. The smallest absolute Gasteiger partial charge is 0.240 e. The maximum Gasteiger partial charge on any atom is 0.240 e. The number of hydrogen-bond acceptors (Lipinski definition) is 5. The molecule has 7 heteroatoms. The van der Waals surface area contributed by atoms with E-state index in [4.69, 9.17) is 5.73 Å². The minimum Gasteiger partial charge on any atom is -0.354 e. The highest BCUT2D eigenvalue weighted by Crippen LogP contribution is 2.19. The van der Waals surface area contributed by atoms with Gasteiger partial charge >= 0.3 is 0 Å². The van der Waals surface area contributed by atoms with Crippen LogP contribution in [0.2, 0.25) is 0 Å². The van der Waals surface area contributed by atoms with E-state index in [0.29, 0.717) is 6.42 Å². The van der Waals surface area contributed by atoms with Crippen molar-refractivity contribution < 1.29 is 4.79 Å². The van der Waals surface area contributed by atoms with Gasteiger partial charge in [0.05, 0.1) is 5.54 Å². The maximum atomic E-state index is 12.4. The van der Waals surface area contributed by atoms with E-state index in [-0.39, 0.29) is 24.4 Å². The molecule has 1 aliphatic heterocycles. The van der Waals surface area contributed by atoms with Gasteiger partial charge in [-0.2, -0.15) is 0 Å². The lowest BCUT2D eigenvalue weighted by molar-refractivity contribution is -0.126. The van der Waals surface area contributed by atoms with Crippen molar-refractivity contribution in [3.05, 3.63) is 18.1 Å². The fraction of sp³-hybridized carbons (Fsp3) is 0.706. The Balaban J connectivity index is 0.00000288. The lowest BCUT2D eigenvalue weighted by Gasteiger charge is -2.35. The van der Waals surface area contributed by atoms with Crippen molar-refractivity contribution in [2.45, 2.75) is 64.5 Å². The minimum atomic E-state index is -0.790. The van der Waals surface area contributed by atoms with Crippen LogP contribution in [0.3, 0.4) is 0 Å². The number of carbonyl (C=O) groups is 1. The lowest BCUT2D eigenvalue weighted by atomic mass is 9.95. The number of nitrogens with zero attached hydrogens (tertiary/aromatic N) is 3. The van der Waals surface area contributed by atoms with E-state index < -0.39 is 5.54 Å². The van der Waals surface area contributed by atoms with E-state index >= 15 is 0 Å². The SMILES string of the molecule is CCCC(C)(N)C(=O)NC1CCCN(c2cc(CC)ncn2)C1.Cl. The topological polar surface area (TPSA) is 84.1 Å². The van der Waals surface area contributed by atoms with Crippen LogP contribution in [-0.4, -0.2) is 40.5 Å². The van der Waals surface area contributed by atoms with Crippen LogP contribution < -0.4 is 16.0 Å². The standard InChI is InChI=1S/C17H29N5O.ClH/c1-4-8-17(3,18)16(23)21-14-7-6-9-22(11-14)15-10-13(5-2)19-12-20-15;/h10,12,14H,4-9,11,18H2,1-3H3,(H,21,23);1H. The zero-order valence-electron chi connectivity index (χ0n) is 14.9. The van der Waals surface area contributed by atoms with Gasteiger partial charge in [0.15, 0.2) is 0 Å². The molecule has 2 unspecified atom stereocenters. The molecule has 3 N–H and O–H groups in total. The molecular weight excluding hydrogens is 326 g/mol. The quantitative estimate of drug-likeness (QED) is 0.816. The molecule has 1 aliphatic rings. The number of nitrogens with two attached hydrogens (primary N) is 1. The molecule has 136 valence electrons. The molecule has 1 saturated heterocycles. The number of amides is 1. The van der Waals surface area contributed by atoms with Crippen LogP contribution in [0.15, 0.2) is 12.4 Å². The molecule has 24 heavy (non-hydrogen) atoms. The van der Waals surface area contributed by atoms with Crippen LogP contribution in [0.25, 0.3) is 0 Å². The van der Waals surface area contributed by atoms with Crippen LogP contribution in [0.4, 0.5) is 5.82 Å². The van der Waals surface area contributed by atoms with Gasteiger partial charge < -0.3 is 16.0 Å². The molecule has 1 fully saturated rings. The van der Waals surface area contributed by atoms with Crippen LogP contribution in [0, 0.1) is 0 Å². The van der Waals surface area contributed by atoms with Gasteiger partial charge in [-0.1, -0.05) is 20.3 Å². The third-order valence-corrected chi connectivity index (χ3v) is 4.44. The Hall–Kier alpha value is -1.40. The molecule has 1 aromatic rings. The number of carbonyl (C=O) groups excluding carboxylic acids is 1. The molecule has 0 radical (unpaired) electrons. The molecule has 0 aliphatic carbocycles. The lowest BCUT2D eigenvalue weighted by Crippen LogP contribution is -2.57. The highest BCUT2D eigenvalue weighted by Gasteiger charge is 2.30. The third-order valence-electron chi connectivity index (χ3n) is 4.44. The van der Waals surface area contributed by atoms with Gasteiger partial charge in [-0.05, 0) is 32.6 Å². The molecular formula is C17H30ClN5O. The first kappa shape index (κ1) is 20.6. The Morgan fingerprint density at radius 3 is 2.88 bits per heavy atom. The predicted octanol–water partition coefficient (Wildman–Crippen LogP) is 2.06. The average molecular weight is 356 g/mol. The summed E-state index contributed by atoms with van der Waals surface area (Å²) < 4.78 is 0. The van der Waals surface area contributed by atoms with Crippen LogP contribution in [0.5, 0.6) is 0 Å². The number of halogens is 1. The first-order valence-corrected chi connectivity index (χ1v) is 8.62. The zero-order chi connectivity index (χ0) is 16.9. The first-order chi connectivity index (χ1) is 11.0. The van der Waals surface area contributed by atoms with Crippen molar-refractivity contribution in [1.29, 1.82) is 0 Å². The van der Waals surface area contributed by atoms with Gasteiger partial charge in [0.1, 0.15) is 12.1 Å². The normalized spacial score (nSPS) is 20.0. The molecule has 2 rings (SSSR count). The third kappa shape index (κ3) is 5.31. The monoisotopic (exact) mass is 355 g/mol. The zero-order valence-corrected chi connectivity index (χ0v) is 15.7. The fourth-order valence-electron chi connectivity index (χ4n) is 3.04. The molecule has 2 heterocycles. The van der Waals surface area contributed by atoms with E-state index in [9.17, 15) is 4.79 Å². The summed E-state index contributed by atoms with van der Waals surface area (Å²) in [5.74, 6) is 0.892. The second-order valence-electron chi connectivity index (χ2n) is 6.65. The highest BCUT2D eigenvalue weighted by atomic mass is 35.5. The molecule has 0 saturated carbocycles. The minimum absolute atomic E-state index is 0. The van der Waals surface area contributed by atoms with Gasteiger partial charge in [0, 0.05) is 30.9 Å². The van der Waals surface area contributed by atoms with Crippen molar-refractivity contribution in [3.63, 3.8) is 0 Å². The van der Waals surface area contributed by atoms with Gasteiger partial charge in [0.2, 0.25) is 5.91 Å². The Bertz CT molecular complexity index is 537.